The normalized spacial score (nSPS) is 11.8. The van der Waals surface area contributed by atoms with Gasteiger partial charge >= 0.3 is 0 Å². The van der Waals surface area contributed by atoms with E-state index < -0.39 is 17.1 Å². The fourth-order valence-electron chi connectivity index (χ4n) is 2.21. The van der Waals surface area contributed by atoms with Crippen molar-refractivity contribution in [3.63, 3.8) is 0 Å². The number of aromatic nitrogens is 2. The zero-order chi connectivity index (χ0) is 16.4. The molecule has 1 heterocycles. The van der Waals surface area contributed by atoms with Crippen molar-refractivity contribution < 1.29 is 9.50 Å². The maximum atomic E-state index is 13.8. The third kappa shape index (κ3) is 2.56. The van der Waals surface area contributed by atoms with Crippen LogP contribution in [0.2, 0.25) is 0 Å². The van der Waals surface area contributed by atoms with Gasteiger partial charge in [0.15, 0.2) is 5.82 Å². The molecule has 0 radical (unpaired) electrons. The summed E-state index contributed by atoms with van der Waals surface area (Å²) < 4.78 is 13.8. The topological polar surface area (TPSA) is 89.8 Å². The van der Waals surface area contributed by atoms with Crippen molar-refractivity contribution in [1.82, 2.24) is 9.97 Å². The molecule has 23 heavy (non-hydrogen) atoms. The lowest BCUT2D eigenvalue weighted by molar-refractivity contribution is 0.504. The number of H-pyrrole nitrogens is 1. The van der Waals surface area contributed by atoms with Gasteiger partial charge in [-0.3, -0.25) is 4.79 Å². The van der Waals surface area contributed by atoms with Gasteiger partial charge in [-0.25, -0.2) is 9.37 Å². The molecule has 0 amide bonds. The third-order valence-corrected chi connectivity index (χ3v) is 3.33. The van der Waals surface area contributed by atoms with E-state index in [0.29, 0.717) is 10.9 Å². The molecule has 2 aromatic carbocycles. The van der Waals surface area contributed by atoms with Crippen LogP contribution >= 0.6 is 0 Å². The van der Waals surface area contributed by atoms with Crippen molar-refractivity contribution in [3.05, 3.63) is 76.1 Å². The van der Waals surface area contributed by atoms with Gasteiger partial charge in [-0.05, 0) is 24.3 Å². The Balaban J connectivity index is 2.27. The van der Waals surface area contributed by atoms with E-state index in [9.17, 15) is 19.6 Å². The Morgan fingerprint density at radius 1 is 1.17 bits per heavy atom. The molecule has 6 heteroatoms. The van der Waals surface area contributed by atoms with Crippen LogP contribution in [0, 0.1) is 17.1 Å². The van der Waals surface area contributed by atoms with Crippen molar-refractivity contribution in [1.29, 1.82) is 5.26 Å². The molecule has 3 aromatic rings. The minimum atomic E-state index is -0.680. The molecule has 0 aliphatic rings. The van der Waals surface area contributed by atoms with Gasteiger partial charge in [0.1, 0.15) is 23.2 Å². The maximum absolute atomic E-state index is 13.8. The average molecular weight is 307 g/mol. The van der Waals surface area contributed by atoms with Gasteiger partial charge in [0.2, 0.25) is 0 Å². The molecule has 0 aliphatic carbocycles. The van der Waals surface area contributed by atoms with Crippen LogP contribution in [0.3, 0.4) is 0 Å². The second-order valence-corrected chi connectivity index (χ2v) is 4.75. The summed E-state index contributed by atoms with van der Waals surface area (Å²) >= 11 is 0. The monoisotopic (exact) mass is 307 g/mol. The van der Waals surface area contributed by atoms with Gasteiger partial charge in [-0.1, -0.05) is 24.3 Å². The summed E-state index contributed by atoms with van der Waals surface area (Å²) in [6.45, 7) is 0. The number of aliphatic hydroxyl groups excluding tert-OH is 1. The van der Waals surface area contributed by atoms with E-state index in [-0.39, 0.29) is 17.0 Å². The SMILES string of the molecule is N#C/C(=C(/O)c1ccccc1F)c1nc2ccccc2c(=O)[nH]1. The summed E-state index contributed by atoms with van der Waals surface area (Å²) in [4.78, 5) is 18.7. The number of nitrogens with zero attached hydrogens (tertiary/aromatic N) is 2. The Kier molecular flexibility index (Phi) is 3.61. The third-order valence-electron chi connectivity index (χ3n) is 3.33. The first-order chi connectivity index (χ1) is 11.1. The molecule has 0 saturated heterocycles. The number of fused-ring (bicyclic) bond motifs is 1. The molecule has 5 nitrogen and oxygen atoms in total. The Morgan fingerprint density at radius 3 is 2.61 bits per heavy atom. The molecule has 2 N–H and O–H groups in total. The lowest BCUT2D eigenvalue weighted by atomic mass is 10.1. The quantitative estimate of drug-likeness (QED) is 0.562. The van der Waals surface area contributed by atoms with Crippen LogP contribution in [-0.4, -0.2) is 15.1 Å². The molecule has 0 aliphatic heterocycles. The lowest BCUT2D eigenvalue weighted by Gasteiger charge is -2.06. The second kappa shape index (κ2) is 5.73. The number of nitrogens with one attached hydrogen (secondary N) is 1. The Labute approximate surface area is 130 Å². The number of allylic oxidation sites excluding steroid dienone is 1. The molecule has 112 valence electrons. The van der Waals surface area contributed by atoms with E-state index in [0.717, 1.165) is 6.07 Å². The van der Waals surface area contributed by atoms with Gasteiger partial charge in [0, 0.05) is 0 Å². The highest BCUT2D eigenvalue weighted by Crippen LogP contribution is 2.23. The first-order valence-electron chi connectivity index (χ1n) is 6.69. The van der Waals surface area contributed by atoms with Crippen LogP contribution in [-0.2, 0) is 0 Å². The maximum Gasteiger partial charge on any atom is 0.259 e. The summed E-state index contributed by atoms with van der Waals surface area (Å²) in [7, 11) is 0. The van der Waals surface area contributed by atoms with Gasteiger partial charge in [0.25, 0.3) is 5.56 Å². The molecule has 0 bridgehead atoms. The molecular weight excluding hydrogens is 297 g/mol. The molecule has 0 saturated carbocycles. The zero-order valence-corrected chi connectivity index (χ0v) is 11.7. The standard InChI is InChI=1S/C17H10FN3O2/c18-13-7-3-1-5-10(13)15(22)12(9-19)16-20-14-8-4-2-6-11(14)17(23)21-16/h1-8,22H,(H,20,21,23)/b15-12-. The number of nitriles is 1. The van der Waals surface area contributed by atoms with E-state index in [1.165, 1.54) is 18.2 Å². The fourth-order valence-corrected chi connectivity index (χ4v) is 2.21. The summed E-state index contributed by atoms with van der Waals surface area (Å²) in [6.07, 6.45) is 0. The number of aromatic amines is 1. The van der Waals surface area contributed by atoms with Gasteiger partial charge in [0.05, 0.1) is 16.5 Å². The minimum Gasteiger partial charge on any atom is -0.506 e. The summed E-state index contributed by atoms with van der Waals surface area (Å²) in [5.41, 5.74) is -0.516. The largest absolute Gasteiger partial charge is 0.506 e. The molecule has 0 atom stereocenters. The molecular formula is C17H10FN3O2. The van der Waals surface area contributed by atoms with Crippen molar-refractivity contribution in [2.75, 3.05) is 0 Å². The molecule has 0 spiro atoms. The fraction of sp³-hybridized carbons (Fsp3) is 0. The Hall–Kier alpha value is -3.46. The van der Waals surface area contributed by atoms with Crippen LogP contribution in [0.25, 0.3) is 22.2 Å². The Morgan fingerprint density at radius 2 is 1.87 bits per heavy atom. The van der Waals surface area contributed by atoms with Crippen molar-refractivity contribution in [3.8, 4) is 6.07 Å². The number of aliphatic hydroxyl groups is 1. The highest BCUT2D eigenvalue weighted by molar-refractivity contribution is 5.93. The molecule has 3 rings (SSSR count). The van der Waals surface area contributed by atoms with E-state index in [2.05, 4.69) is 9.97 Å². The van der Waals surface area contributed by atoms with Crippen molar-refractivity contribution in [2.24, 2.45) is 0 Å². The predicted molar refractivity (Wildman–Crippen MR) is 83.8 cm³/mol. The van der Waals surface area contributed by atoms with Gasteiger partial charge in [-0.15, -0.1) is 0 Å². The molecule has 0 unspecified atom stereocenters. The summed E-state index contributed by atoms with van der Waals surface area (Å²) in [5.74, 6) is -1.37. The second-order valence-electron chi connectivity index (χ2n) is 4.75. The van der Waals surface area contributed by atoms with Crippen molar-refractivity contribution in [2.45, 2.75) is 0 Å². The first-order valence-corrected chi connectivity index (χ1v) is 6.69. The zero-order valence-electron chi connectivity index (χ0n) is 11.7. The average Bonchev–Trinajstić information content (AvgIpc) is 2.56. The van der Waals surface area contributed by atoms with Crippen LogP contribution in [0.1, 0.15) is 11.4 Å². The number of para-hydroxylation sites is 1. The van der Waals surface area contributed by atoms with E-state index in [1.54, 1.807) is 30.3 Å². The van der Waals surface area contributed by atoms with Crippen LogP contribution in [0.5, 0.6) is 0 Å². The molecule has 0 fully saturated rings. The number of hydrogen-bond donors (Lipinski definition) is 2. The number of benzene rings is 2. The highest BCUT2D eigenvalue weighted by Gasteiger charge is 2.16. The highest BCUT2D eigenvalue weighted by atomic mass is 19.1. The summed E-state index contributed by atoms with van der Waals surface area (Å²) in [6, 6.07) is 13.9. The smallest absolute Gasteiger partial charge is 0.259 e. The van der Waals surface area contributed by atoms with Gasteiger partial charge in [-0.2, -0.15) is 5.26 Å². The van der Waals surface area contributed by atoms with Crippen molar-refractivity contribution >= 4 is 22.2 Å². The number of hydrogen-bond acceptors (Lipinski definition) is 4. The minimum absolute atomic E-state index is 0.114. The Bertz CT molecular complexity index is 1030. The van der Waals surface area contributed by atoms with Crippen LogP contribution in [0.4, 0.5) is 4.39 Å². The number of rotatable bonds is 2. The van der Waals surface area contributed by atoms with E-state index in [1.807, 2.05) is 0 Å². The summed E-state index contributed by atoms with van der Waals surface area (Å²) in [5, 5.41) is 19.9. The van der Waals surface area contributed by atoms with Crippen LogP contribution < -0.4 is 5.56 Å². The van der Waals surface area contributed by atoms with E-state index in [4.69, 9.17) is 0 Å². The lowest BCUT2D eigenvalue weighted by Crippen LogP contribution is -2.12. The van der Waals surface area contributed by atoms with Gasteiger partial charge < -0.3 is 10.1 Å². The molecule has 1 aromatic heterocycles. The van der Waals surface area contributed by atoms with E-state index >= 15 is 0 Å². The van der Waals surface area contributed by atoms with Crippen LogP contribution in [0.15, 0.2) is 53.3 Å². The first kappa shape index (κ1) is 14.5. The number of halogens is 1. The predicted octanol–water partition coefficient (Wildman–Crippen LogP) is 3.01.